The number of nitrogens with one attached hydrogen (secondary N) is 1. The number of halogens is 1. The highest BCUT2D eigenvalue weighted by atomic mass is 32.2. The Morgan fingerprint density at radius 1 is 1.47 bits per heavy atom. The van der Waals surface area contributed by atoms with Crippen LogP contribution in [0.5, 0.6) is 0 Å². The minimum Gasteiger partial charge on any atom is -0.369 e. The zero-order valence-electron chi connectivity index (χ0n) is 10.4. The largest absolute Gasteiger partial charge is 0.369 e. The molecule has 1 aromatic heterocycles. The molecule has 0 saturated carbocycles. The number of fused-ring (bicyclic) bond motifs is 1. The van der Waals surface area contributed by atoms with Crippen LogP contribution in [0.25, 0.3) is 11.0 Å². The minimum absolute atomic E-state index is 0.292. The molecule has 0 aliphatic carbocycles. The van der Waals surface area contributed by atoms with Crippen molar-refractivity contribution in [3.63, 3.8) is 0 Å². The van der Waals surface area contributed by atoms with E-state index in [1.165, 1.54) is 12.1 Å². The summed E-state index contributed by atoms with van der Waals surface area (Å²) in [5.41, 5.74) is 6.99. The standard InChI is InChI=1S/C11H15FN4O2S/c1-19(17,18)14-5-2-6-16-10-7-8(12)3-4-9(10)15-11(16)13/h3-4,7,14H,2,5-6H2,1H3,(H2,13,15). The maximum absolute atomic E-state index is 13.2. The molecule has 0 unspecified atom stereocenters. The topological polar surface area (TPSA) is 90.0 Å². The molecule has 6 nitrogen and oxygen atoms in total. The van der Waals surface area contributed by atoms with E-state index in [2.05, 4.69) is 9.71 Å². The lowest BCUT2D eigenvalue weighted by Gasteiger charge is -2.06. The predicted octanol–water partition coefficient (Wildman–Crippen LogP) is 0.697. The second-order valence-electron chi connectivity index (χ2n) is 4.27. The molecule has 1 aromatic carbocycles. The highest BCUT2D eigenvalue weighted by Gasteiger charge is 2.09. The van der Waals surface area contributed by atoms with Crippen LogP contribution in [0.15, 0.2) is 18.2 Å². The number of rotatable bonds is 5. The number of sulfonamides is 1. The Kier molecular flexibility index (Phi) is 3.72. The van der Waals surface area contributed by atoms with Crippen LogP contribution < -0.4 is 10.5 Å². The number of benzene rings is 1. The molecule has 0 atom stereocenters. The molecule has 0 fully saturated rings. The lowest BCUT2D eigenvalue weighted by Crippen LogP contribution is -2.24. The van der Waals surface area contributed by atoms with Gasteiger partial charge in [0.2, 0.25) is 16.0 Å². The SMILES string of the molecule is CS(=O)(=O)NCCCn1c(N)nc2ccc(F)cc21. The third kappa shape index (κ3) is 3.42. The summed E-state index contributed by atoms with van der Waals surface area (Å²) in [5.74, 6) is -0.0668. The molecule has 1 heterocycles. The number of aryl methyl sites for hydroxylation is 1. The fourth-order valence-electron chi connectivity index (χ4n) is 1.84. The van der Waals surface area contributed by atoms with E-state index in [4.69, 9.17) is 5.73 Å². The van der Waals surface area contributed by atoms with E-state index >= 15 is 0 Å². The first-order valence-corrected chi connectivity index (χ1v) is 7.62. The normalized spacial score (nSPS) is 12.1. The number of nitrogens with two attached hydrogens (primary N) is 1. The predicted molar refractivity (Wildman–Crippen MR) is 71.6 cm³/mol. The van der Waals surface area contributed by atoms with Crippen LogP contribution in [0.1, 0.15) is 6.42 Å². The molecule has 0 saturated heterocycles. The zero-order chi connectivity index (χ0) is 14.0. The fourth-order valence-corrected chi connectivity index (χ4v) is 2.36. The molecule has 0 spiro atoms. The van der Waals surface area contributed by atoms with Crippen molar-refractivity contribution in [3.05, 3.63) is 24.0 Å². The summed E-state index contributed by atoms with van der Waals surface area (Å²) in [7, 11) is -3.19. The summed E-state index contributed by atoms with van der Waals surface area (Å²) < 4.78 is 39.1. The quantitative estimate of drug-likeness (QED) is 0.792. The van der Waals surface area contributed by atoms with Gasteiger partial charge in [0.25, 0.3) is 0 Å². The molecule has 2 aromatic rings. The molecule has 0 radical (unpaired) electrons. The molecule has 2 rings (SSSR count). The number of aromatic nitrogens is 2. The summed E-state index contributed by atoms with van der Waals surface area (Å²) in [4.78, 5) is 4.12. The van der Waals surface area contributed by atoms with E-state index in [0.29, 0.717) is 36.5 Å². The van der Waals surface area contributed by atoms with Gasteiger partial charge in [-0.05, 0) is 24.6 Å². The van der Waals surface area contributed by atoms with E-state index in [1.807, 2.05) is 0 Å². The maximum atomic E-state index is 13.2. The van der Waals surface area contributed by atoms with Crippen molar-refractivity contribution in [3.8, 4) is 0 Å². The molecule has 19 heavy (non-hydrogen) atoms. The van der Waals surface area contributed by atoms with Crippen molar-refractivity contribution in [2.75, 3.05) is 18.5 Å². The van der Waals surface area contributed by atoms with E-state index in [9.17, 15) is 12.8 Å². The van der Waals surface area contributed by atoms with Gasteiger partial charge in [-0.1, -0.05) is 0 Å². The van der Waals surface area contributed by atoms with E-state index < -0.39 is 10.0 Å². The van der Waals surface area contributed by atoms with Crippen molar-refractivity contribution >= 4 is 27.0 Å². The van der Waals surface area contributed by atoms with Crippen LogP contribution in [0.4, 0.5) is 10.3 Å². The molecule has 0 aliphatic rings. The Balaban J connectivity index is 2.12. The summed E-state index contributed by atoms with van der Waals surface area (Å²) in [6.07, 6.45) is 1.64. The van der Waals surface area contributed by atoms with Crippen LogP contribution in [0.2, 0.25) is 0 Å². The highest BCUT2D eigenvalue weighted by Crippen LogP contribution is 2.19. The first-order chi connectivity index (χ1) is 8.87. The van der Waals surface area contributed by atoms with Crippen LogP contribution in [0, 0.1) is 5.82 Å². The van der Waals surface area contributed by atoms with Gasteiger partial charge >= 0.3 is 0 Å². The first-order valence-electron chi connectivity index (χ1n) is 5.73. The van der Waals surface area contributed by atoms with Crippen LogP contribution in [-0.4, -0.2) is 30.8 Å². The smallest absolute Gasteiger partial charge is 0.208 e. The first kappa shape index (κ1) is 13.8. The summed E-state index contributed by atoms with van der Waals surface area (Å²) >= 11 is 0. The lowest BCUT2D eigenvalue weighted by atomic mass is 10.3. The van der Waals surface area contributed by atoms with Gasteiger partial charge in [0.15, 0.2) is 0 Å². The molecular formula is C11H15FN4O2S. The number of nitrogen functional groups attached to an aromatic ring is 1. The van der Waals surface area contributed by atoms with Crippen molar-refractivity contribution in [1.29, 1.82) is 0 Å². The van der Waals surface area contributed by atoms with Gasteiger partial charge in [-0.2, -0.15) is 0 Å². The van der Waals surface area contributed by atoms with Crippen molar-refractivity contribution in [1.82, 2.24) is 14.3 Å². The molecule has 0 aliphatic heterocycles. The highest BCUT2D eigenvalue weighted by molar-refractivity contribution is 7.88. The number of hydrogen-bond donors (Lipinski definition) is 2. The lowest BCUT2D eigenvalue weighted by molar-refractivity contribution is 0.578. The Labute approximate surface area is 110 Å². The molecule has 8 heteroatoms. The van der Waals surface area contributed by atoms with Gasteiger partial charge in [0.1, 0.15) is 5.82 Å². The van der Waals surface area contributed by atoms with Crippen molar-refractivity contribution < 1.29 is 12.8 Å². The molecule has 104 valence electrons. The third-order valence-electron chi connectivity index (χ3n) is 2.66. The van der Waals surface area contributed by atoms with Crippen LogP contribution in [0.3, 0.4) is 0 Å². The van der Waals surface area contributed by atoms with Gasteiger partial charge < -0.3 is 10.3 Å². The van der Waals surface area contributed by atoms with Crippen LogP contribution in [-0.2, 0) is 16.6 Å². The third-order valence-corrected chi connectivity index (χ3v) is 3.39. The average molecular weight is 286 g/mol. The number of imidazole rings is 1. The van der Waals surface area contributed by atoms with Gasteiger partial charge in [0.05, 0.1) is 17.3 Å². The Bertz CT molecular complexity index is 696. The zero-order valence-corrected chi connectivity index (χ0v) is 11.2. The number of anilines is 1. The summed E-state index contributed by atoms with van der Waals surface area (Å²) in [6, 6.07) is 4.25. The number of hydrogen-bond acceptors (Lipinski definition) is 4. The average Bonchev–Trinajstić information content (AvgIpc) is 2.59. The Morgan fingerprint density at radius 2 is 2.21 bits per heavy atom. The fraction of sp³-hybridized carbons (Fsp3) is 0.364. The molecule has 0 bridgehead atoms. The van der Waals surface area contributed by atoms with Crippen molar-refractivity contribution in [2.24, 2.45) is 0 Å². The van der Waals surface area contributed by atoms with Crippen molar-refractivity contribution in [2.45, 2.75) is 13.0 Å². The number of nitrogens with zero attached hydrogens (tertiary/aromatic N) is 2. The second-order valence-corrected chi connectivity index (χ2v) is 6.11. The van der Waals surface area contributed by atoms with Gasteiger partial charge in [-0.25, -0.2) is 22.5 Å². The van der Waals surface area contributed by atoms with E-state index in [-0.39, 0.29) is 5.82 Å². The summed E-state index contributed by atoms with van der Waals surface area (Å²) in [6.45, 7) is 0.765. The molecular weight excluding hydrogens is 271 g/mol. The maximum Gasteiger partial charge on any atom is 0.208 e. The van der Waals surface area contributed by atoms with E-state index in [0.717, 1.165) is 6.26 Å². The van der Waals surface area contributed by atoms with Gasteiger partial charge in [-0.3, -0.25) is 0 Å². The summed E-state index contributed by atoms with van der Waals surface area (Å²) in [5, 5.41) is 0. The van der Waals surface area contributed by atoms with Gasteiger partial charge in [0, 0.05) is 13.1 Å². The van der Waals surface area contributed by atoms with E-state index in [1.54, 1.807) is 10.6 Å². The molecule has 0 amide bonds. The Hall–Kier alpha value is -1.67. The minimum atomic E-state index is -3.19. The monoisotopic (exact) mass is 286 g/mol. The Morgan fingerprint density at radius 3 is 2.89 bits per heavy atom. The van der Waals surface area contributed by atoms with Gasteiger partial charge in [-0.15, -0.1) is 0 Å². The second kappa shape index (κ2) is 5.14. The van der Waals surface area contributed by atoms with Crippen LogP contribution >= 0.6 is 0 Å². The molecule has 3 N–H and O–H groups in total.